The van der Waals surface area contributed by atoms with Gasteiger partial charge < -0.3 is 4.74 Å². The lowest BCUT2D eigenvalue weighted by Crippen LogP contribution is -2.55. The minimum Gasteiger partial charge on any atom is -0.460 e. The van der Waals surface area contributed by atoms with Gasteiger partial charge in [-0.3, -0.25) is 4.79 Å². The number of hydrogen-bond acceptors (Lipinski definition) is 4. The van der Waals surface area contributed by atoms with Crippen LogP contribution in [0.4, 0.5) is 0 Å². The van der Waals surface area contributed by atoms with Crippen LogP contribution in [-0.4, -0.2) is 43.6 Å². The van der Waals surface area contributed by atoms with E-state index in [4.69, 9.17) is 4.74 Å². The van der Waals surface area contributed by atoms with Gasteiger partial charge in [0.15, 0.2) is 0 Å². The summed E-state index contributed by atoms with van der Waals surface area (Å²) >= 11 is 0. The first-order chi connectivity index (χ1) is 5.95. The Kier molecular flexibility index (Phi) is 2.92. The molecular formula is C7H13NO4S. The Hall–Kier alpha value is -0.620. The van der Waals surface area contributed by atoms with E-state index in [2.05, 4.69) is 0 Å². The third-order valence-electron chi connectivity index (χ3n) is 1.91. The van der Waals surface area contributed by atoms with Crippen molar-refractivity contribution in [3.63, 3.8) is 0 Å². The molecule has 0 saturated carbocycles. The van der Waals surface area contributed by atoms with Gasteiger partial charge in [-0.2, -0.15) is 4.31 Å². The van der Waals surface area contributed by atoms with Crippen molar-refractivity contribution in [3.8, 4) is 0 Å². The summed E-state index contributed by atoms with van der Waals surface area (Å²) in [6.07, 6.45) is -0.251. The van der Waals surface area contributed by atoms with Gasteiger partial charge in [-0.25, -0.2) is 8.42 Å². The summed E-state index contributed by atoms with van der Waals surface area (Å²) in [5.41, 5.74) is 0. The van der Waals surface area contributed by atoms with Gasteiger partial charge in [0.2, 0.25) is 10.0 Å². The standard InChI is InChI=1S/C7H13NO4S/c1-3-13(10,11)8-4-7(5-8)12-6(2)9/h7H,3-5H2,1-2H3. The molecule has 0 spiro atoms. The molecule has 5 nitrogen and oxygen atoms in total. The Labute approximate surface area is 77.7 Å². The zero-order valence-electron chi connectivity index (χ0n) is 7.69. The fourth-order valence-corrected chi connectivity index (χ4v) is 2.27. The predicted molar refractivity (Wildman–Crippen MR) is 46.6 cm³/mol. The van der Waals surface area contributed by atoms with Crippen molar-refractivity contribution >= 4 is 16.0 Å². The van der Waals surface area contributed by atoms with Gasteiger partial charge in [0, 0.05) is 6.92 Å². The Morgan fingerprint density at radius 3 is 2.46 bits per heavy atom. The quantitative estimate of drug-likeness (QED) is 0.590. The fourth-order valence-electron chi connectivity index (χ4n) is 1.12. The van der Waals surface area contributed by atoms with E-state index in [-0.39, 0.29) is 17.8 Å². The SMILES string of the molecule is CCS(=O)(=O)N1CC(OC(C)=O)C1. The lowest BCUT2D eigenvalue weighted by atomic mass is 10.2. The molecule has 1 rings (SSSR count). The number of carbonyl (C=O) groups is 1. The van der Waals surface area contributed by atoms with Crippen LogP contribution in [0.3, 0.4) is 0 Å². The van der Waals surface area contributed by atoms with Gasteiger partial charge in [0.1, 0.15) is 6.10 Å². The largest absolute Gasteiger partial charge is 0.460 e. The van der Waals surface area contributed by atoms with E-state index in [0.717, 1.165) is 0 Å². The molecule has 1 aliphatic heterocycles. The van der Waals surface area contributed by atoms with Crippen molar-refractivity contribution in [2.24, 2.45) is 0 Å². The Morgan fingerprint density at radius 2 is 2.08 bits per heavy atom. The average molecular weight is 207 g/mol. The molecule has 1 fully saturated rings. The number of ether oxygens (including phenoxy) is 1. The summed E-state index contributed by atoms with van der Waals surface area (Å²) in [7, 11) is -3.09. The van der Waals surface area contributed by atoms with Crippen LogP contribution in [0.1, 0.15) is 13.8 Å². The summed E-state index contributed by atoms with van der Waals surface area (Å²) < 4.78 is 28.5. The van der Waals surface area contributed by atoms with Crippen LogP contribution >= 0.6 is 0 Å². The molecule has 0 unspecified atom stereocenters. The Bertz CT molecular complexity index is 292. The van der Waals surface area contributed by atoms with Crippen LogP contribution in [0, 0.1) is 0 Å². The van der Waals surface area contributed by atoms with Crippen molar-refractivity contribution < 1.29 is 17.9 Å². The van der Waals surface area contributed by atoms with E-state index >= 15 is 0 Å². The molecule has 1 saturated heterocycles. The van der Waals surface area contributed by atoms with Gasteiger partial charge in [-0.15, -0.1) is 0 Å². The lowest BCUT2D eigenvalue weighted by Gasteiger charge is -2.36. The summed E-state index contributed by atoms with van der Waals surface area (Å²) in [5.74, 6) is -0.265. The minimum absolute atomic E-state index is 0.0970. The molecule has 1 heterocycles. The fraction of sp³-hybridized carbons (Fsp3) is 0.857. The molecule has 0 aromatic rings. The van der Waals surface area contributed by atoms with Crippen molar-refractivity contribution in [3.05, 3.63) is 0 Å². The van der Waals surface area contributed by atoms with Crippen LogP contribution in [0.2, 0.25) is 0 Å². The molecule has 0 radical (unpaired) electrons. The molecule has 0 atom stereocenters. The van der Waals surface area contributed by atoms with Gasteiger partial charge >= 0.3 is 5.97 Å². The van der Waals surface area contributed by atoms with Gasteiger partial charge in [0.05, 0.1) is 18.8 Å². The molecular weight excluding hydrogens is 194 g/mol. The first-order valence-electron chi connectivity index (χ1n) is 4.10. The molecule has 0 bridgehead atoms. The molecule has 13 heavy (non-hydrogen) atoms. The second kappa shape index (κ2) is 3.63. The maximum atomic E-state index is 11.2. The van der Waals surface area contributed by atoms with Crippen molar-refractivity contribution in [2.75, 3.05) is 18.8 Å². The van der Waals surface area contributed by atoms with E-state index in [9.17, 15) is 13.2 Å². The number of nitrogens with zero attached hydrogens (tertiary/aromatic N) is 1. The Morgan fingerprint density at radius 1 is 1.54 bits per heavy atom. The number of hydrogen-bond donors (Lipinski definition) is 0. The van der Waals surface area contributed by atoms with Crippen LogP contribution in [-0.2, 0) is 19.6 Å². The molecule has 0 N–H and O–H groups in total. The zero-order chi connectivity index (χ0) is 10.1. The first kappa shape index (κ1) is 10.5. The first-order valence-corrected chi connectivity index (χ1v) is 5.71. The number of carbonyl (C=O) groups excluding carboxylic acids is 1. The highest BCUT2D eigenvalue weighted by molar-refractivity contribution is 7.89. The van der Waals surface area contributed by atoms with Crippen LogP contribution < -0.4 is 0 Å². The maximum Gasteiger partial charge on any atom is 0.302 e. The van der Waals surface area contributed by atoms with E-state index in [1.54, 1.807) is 6.92 Å². The van der Waals surface area contributed by atoms with Gasteiger partial charge in [-0.05, 0) is 6.92 Å². The molecule has 1 aliphatic rings. The highest BCUT2D eigenvalue weighted by atomic mass is 32.2. The second-order valence-electron chi connectivity index (χ2n) is 2.95. The van der Waals surface area contributed by atoms with Crippen LogP contribution in [0.5, 0.6) is 0 Å². The summed E-state index contributed by atoms with van der Waals surface area (Å²) in [6.45, 7) is 3.51. The summed E-state index contributed by atoms with van der Waals surface area (Å²) in [4.78, 5) is 10.5. The molecule has 0 amide bonds. The maximum absolute atomic E-state index is 11.2. The van der Waals surface area contributed by atoms with Crippen molar-refractivity contribution in [1.29, 1.82) is 0 Å². The predicted octanol–water partition coefficient (Wildman–Crippen LogP) is -0.417. The smallest absolute Gasteiger partial charge is 0.302 e. The minimum atomic E-state index is -3.09. The number of rotatable bonds is 3. The second-order valence-corrected chi connectivity index (χ2v) is 5.21. The molecule has 0 aromatic carbocycles. The Balaban J connectivity index is 2.38. The monoisotopic (exact) mass is 207 g/mol. The zero-order valence-corrected chi connectivity index (χ0v) is 8.50. The normalized spacial score (nSPS) is 19.5. The summed E-state index contributed by atoms with van der Waals surface area (Å²) in [6, 6.07) is 0. The van der Waals surface area contributed by atoms with E-state index in [1.807, 2.05) is 0 Å². The third-order valence-corrected chi connectivity index (χ3v) is 3.72. The van der Waals surface area contributed by atoms with Crippen molar-refractivity contribution in [1.82, 2.24) is 4.31 Å². The average Bonchev–Trinajstić information content (AvgIpc) is 1.95. The number of esters is 1. The van der Waals surface area contributed by atoms with Gasteiger partial charge in [-0.1, -0.05) is 0 Å². The molecule has 0 aliphatic carbocycles. The summed E-state index contributed by atoms with van der Waals surface area (Å²) in [5, 5.41) is 0. The molecule has 0 aromatic heterocycles. The lowest BCUT2D eigenvalue weighted by molar-refractivity contribution is -0.151. The van der Waals surface area contributed by atoms with Gasteiger partial charge in [0.25, 0.3) is 0 Å². The van der Waals surface area contributed by atoms with Crippen LogP contribution in [0.25, 0.3) is 0 Å². The van der Waals surface area contributed by atoms with E-state index in [1.165, 1.54) is 11.2 Å². The van der Waals surface area contributed by atoms with Crippen LogP contribution in [0.15, 0.2) is 0 Å². The van der Waals surface area contributed by atoms with E-state index in [0.29, 0.717) is 13.1 Å². The van der Waals surface area contributed by atoms with E-state index < -0.39 is 10.0 Å². The molecule has 6 heteroatoms. The topological polar surface area (TPSA) is 63.7 Å². The third kappa shape index (κ3) is 2.41. The highest BCUT2D eigenvalue weighted by Gasteiger charge is 2.36. The van der Waals surface area contributed by atoms with Crippen molar-refractivity contribution in [2.45, 2.75) is 20.0 Å². The highest BCUT2D eigenvalue weighted by Crippen LogP contribution is 2.16. The molecule has 76 valence electrons. The number of sulfonamides is 1.